The van der Waals surface area contributed by atoms with E-state index in [0.29, 0.717) is 11.6 Å². The van der Waals surface area contributed by atoms with E-state index in [0.717, 1.165) is 29.3 Å². The van der Waals surface area contributed by atoms with Crippen molar-refractivity contribution in [2.75, 3.05) is 25.0 Å². The predicted octanol–water partition coefficient (Wildman–Crippen LogP) is 2.00. The van der Waals surface area contributed by atoms with Crippen LogP contribution < -0.4 is 10.2 Å². The molecule has 1 fully saturated rings. The van der Waals surface area contributed by atoms with E-state index in [-0.39, 0.29) is 10.6 Å². The van der Waals surface area contributed by atoms with Crippen LogP contribution in [0, 0.1) is 10.1 Å². The molecule has 1 atom stereocenters. The van der Waals surface area contributed by atoms with Crippen LogP contribution in [0.4, 0.5) is 10.8 Å². The second-order valence-electron chi connectivity index (χ2n) is 4.66. The summed E-state index contributed by atoms with van der Waals surface area (Å²) in [5.41, 5.74) is 0.793. The highest BCUT2D eigenvalue weighted by Gasteiger charge is 2.22. The summed E-state index contributed by atoms with van der Waals surface area (Å²) in [7, 11) is 2.03. The first kappa shape index (κ1) is 12.3. The maximum absolute atomic E-state index is 10.8. The number of rotatable bonds is 3. The Morgan fingerprint density at radius 2 is 2.42 bits per heavy atom. The van der Waals surface area contributed by atoms with Crippen molar-refractivity contribution < 1.29 is 4.92 Å². The molecular formula is C12H14N4O2S. The SMILES string of the molecule is CN(c1nc2cc([N+](=O)[O-])ccc2s1)[C@H]1CCNC1. The van der Waals surface area contributed by atoms with Gasteiger partial charge in [0.15, 0.2) is 5.13 Å². The van der Waals surface area contributed by atoms with E-state index in [2.05, 4.69) is 15.2 Å². The lowest BCUT2D eigenvalue weighted by Gasteiger charge is -2.22. The number of fused-ring (bicyclic) bond motifs is 1. The van der Waals surface area contributed by atoms with Gasteiger partial charge in [0, 0.05) is 31.8 Å². The van der Waals surface area contributed by atoms with Crippen LogP contribution in [0.1, 0.15) is 6.42 Å². The van der Waals surface area contributed by atoms with Gasteiger partial charge in [-0.2, -0.15) is 0 Å². The van der Waals surface area contributed by atoms with Gasteiger partial charge in [-0.3, -0.25) is 10.1 Å². The molecule has 0 aliphatic carbocycles. The van der Waals surface area contributed by atoms with Crippen LogP contribution in [0.3, 0.4) is 0 Å². The number of nitrogens with one attached hydrogen (secondary N) is 1. The number of nitro groups is 1. The van der Waals surface area contributed by atoms with Crippen LogP contribution in [0.15, 0.2) is 18.2 Å². The molecule has 2 heterocycles. The summed E-state index contributed by atoms with van der Waals surface area (Å²) in [5.74, 6) is 0. The Labute approximate surface area is 114 Å². The van der Waals surface area contributed by atoms with Gasteiger partial charge in [0.25, 0.3) is 5.69 Å². The second-order valence-corrected chi connectivity index (χ2v) is 5.67. The van der Waals surface area contributed by atoms with Crippen molar-refractivity contribution in [1.29, 1.82) is 0 Å². The molecule has 1 N–H and O–H groups in total. The molecule has 0 radical (unpaired) electrons. The first-order valence-corrected chi connectivity index (χ1v) is 6.95. The summed E-state index contributed by atoms with van der Waals surface area (Å²) in [4.78, 5) is 17.0. The van der Waals surface area contributed by atoms with Crippen LogP contribution in [0.25, 0.3) is 10.2 Å². The Morgan fingerprint density at radius 1 is 1.58 bits per heavy atom. The first-order chi connectivity index (χ1) is 9.15. The van der Waals surface area contributed by atoms with Crippen molar-refractivity contribution in [3.05, 3.63) is 28.3 Å². The van der Waals surface area contributed by atoms with E-state index in [9.17, 15) is 10.1 Å². The number of anilines is 1. The summed E-state index contributed by atoms with van der Waals surface area (Å²) in [6.07, 6.45) is 1.10. The number of benzene rings is 1. The maximum atomic E-state index is 10.8. The molecule has 0 spiro atoms. The molecule has 0 saturated carbocycles. The summed E-state index contributed by atoms with van der Waals surface area (Å²) >= 11 is 1.58. The molecule has 0 bridgehead atoms. The van der Waals surface area contributed by atoms with Gasteiger partial charge in [0.05, 0.1) is 15.1 Å². The second kappa shape index (κ2) is 4.75. The van der Waals surface area contributed by atoms with Crippen molar-refractivity contribution in [3.8, 4) is 0 Å². The van der Waals surface area contributed by atoms with E-state index < -0.39 is 0 Å². The highest BCUT2D eigenvalue weighted by atomic mass is 32.1. The van der Waals surface area contributed by atoms with Crippen molar-refractivity contribution in [2.24, 2.45) is 0 Å². The smallest absolute Gasteiger partial charge is 0.271 e. The third-order valence-corrected chi connectivity index (χ3v) is 4.58. The highest BCUT2D eigenvalue weighted by molar-refractivity contribution is 7.22. The zero-order chi connectivity index (χ0) is 13.4. The van der Waals surface area contributed by atoms with E-state index in [1.54, 1.807) is 17.4 Å². The number of aromatic nitrogens is 1. The van der Waals surface area contributed by atoms with Gasteiger partial charge in [0.1, 0.15) is 0 Å². The fourth-order valence-electron chi connectivity index (χ4n) is 2.29. The average molecular weight is 278 g/mol. The van der Waals surface area contributed by atoms with Crippen LogP contribution in [-0.2, 0) is 0 Å². The van der Waals surface area contributed by atoms with Gasteiger partial charge in [0.2, 0.25) is 0 Å². The topological polar surface area (TPSA) is 71.3 Å². The van der Waals surface area contributed by atoms with Crippen molar-refractivity contribution >= 4 is 32.4 Å². The fourth-order valence-corrected chi connectivity index (χ4v) is 3.27. The minimum absolute atomic E-state index is 0.0922. The Hall–Kier alpha value is -1.73. The number of hydrogen-bond donors (Lipinski definition) is 1. The van der Waals surface area contributed by atoms with E-state index >= 15 is 0 Å². The quantitative estimate of drug-likeness (QED) is 0.687. The Bertz CT molecular complexity index is 621. The number of likely N-dealkylation sites (N-methyl/N-ethyl adjacent to an activating group) is 1. The van der Waals surface area contributed by atoms with Gasteiger partial charge in [-0.1, -0.05) is 11.3 Å². The van der Waals surface area contributed by atoms with Crippen LogP contribution in [0.5, 0.6) is 0 Å². The summed E-state index contributed by atoms with van der Waals surface area (Å²) < 4.78 is 0.985. The molecule has 1 aliphatic rings. The molecule has 6 nitrogen and oxygen atoms in total. The number of thiazole rings is 1. The zero-order valence-corrected chi connectivity index (χ0v) is 11.3. The Kier molecular flexibility index (Phi) is 3.08. The summed E-state index contributed by atoms with van der Waals surface area (Å²) in [5, 5.41) is 15.0. The number of non-ortho nitro benzene ring substituents is 1. The molecule has 100 valence electrons. The normalized spacial score (nSPS) is 18.9. The van der Waals surface area contributed by atoms with E-state index in [4.69, 9.17) is 0 Å². The monoisotopic (exact) mass is 278 g/mol. The average Bonchev–Trinajstić information content (AvgIpc) is 3.06. The molecule has 1 aliphatic heterocycles. The lowest BCUT2D eigenvalue weighted by Crippen LogP contribution is -2.33. The van der Waals surface area contributed by atoms with Gasteiger partial charge >= 0.3 is 0 Å². The molecule has 2 aromatic rings. The van der Waals surface area contributed by atoms with Crippen LogP contribution in [0.2, 0.25) is 0 Å². The predicted molar refractivity (Wildman–Crippen MR) is 76.0 cm³/mol. The third-order valence-electron chi connectivity index (χ3n) is 3.45. The Morgan fingerprint density at radius 3 is 3.11 bits per heavy atom. The van der Waals surface area contributed by atoms with Gasteiger partial charge < -0.3 is 10.2 Å². The summed E-state index contributed by atoms with van der Waals surface area (Å²) in [6.45, 7) is 2.00. The van der Waals surface area contributed by atoms with Crippen LogP contribution in [-0.4, -0.2) is 36.1 Å². The largest absolute Gasteiger partial charge is 0.347 e. The van der Waals surface area contributed by atoms with Crippen molar-refractivity contribution in [1.82, 2.24) is 10.3 Å². The van der Waals surface area contributed by atoms with Gasteiger partial charge in [-0.05, 0) is 19.0 Å². The van der Waals surface area contributed by atoms with Gasteiger partial charge in [-0.15, -0.1) is 0 Å². The minimum atomic E-state index is -0.386. The molecule has 0 unspecified atom stereocenters. The number of nitro benzene ring substituents is 1. The molecule has 1 saturated heterocycles. The Balaban J connectivity index is 1.94. The standard InChI is InChI=1S/C12H14N4O2S/c1-15(9-4-5-13-7-9)12-14-10-6-8(16(17)18)2-3-11(10)19-12/h2-3,6,9,13H,4-5,7H2,1H3/t9-/m0/s1. The molecule has 1 aromatic heterocycles. The lowest BCUT2D eigenvalue weighted by molar-refractivity contribution is -0.384. The van der Waals surface area contributed by atoms with Crippen molar-refractivity contribution in [2.45, 2.75) is 12.5 Å². The van der Waals surface area contributed by atoms with E-state index in [1.165, 1.54) is 12.1 Å². The first-order valence-electron chi connectivity index (χ1n) is 6.13. The number of nitrogens with zero attached hydrogens (tertiary/aromatic N) is 3. The van der Waals surface area contributed by atoms with Crippen LogP contribution >= 0.6 is 11.3 Å². The van der Waals surface area contributed by atoms with Gasteiger partial charge in [-0.25, -0.2) is 4.98 Å². The molecule has 19 heavy (non-hydrogen) atoms. The number of hydrogen-bond acceptors (Lipinski definition) is 6. The fraction of sp³-hybridized carbons (Fsp3) is 0.417. The molecule has 1 aromatic carbocycles. The van der Waals surface area contributed by atoms with E-state index in [1.807, 2.05) is 7.05 Å². The van der Waals surface area contributed by atoms with Crippen molar-refractivity contribution in [3.63, 3.8) is 0 Å². The highest BCUT2D eigenvalue weighted by Crippen LogP contribution is 2.31. The molecular weight excluding hydrogens is 264 g/mol. The lowest BCUT2D eigenvalue weighted by atomic mass is 10.2. The summed E-state index contributed by atoms with van der Waals surface area (Å²) in [6, 6.07) is 5.29. The minimum Gasteiger partial charge on any atom is -0.347 e. The molecule has 0 amide bonds. The third kappa shape index (κ3) is 2.26. The molecule has 7 heteroatoms. The molecule has 3 rings (SSSR count). The zero-order valence-electron chi connectivity index (χ0n) is 10.5. The maximum Gasteiger partial charge on any atom is 0.271 e.